The first-order chi connectivity index (χ1) is 8.20. The molecule has 1 rings (SSSR count). The minimum Gasteiger partial charge on any atom is -0.377 e. The molecule has 0 bridgehead atoms. The molecule has 0 aliphatic heterocycles. The van der Waals surface area contributed by atoms with Gasteiger partial charge in [-0.25, -0.2) is 0 Å². The predicted molar refractivity (Wildman–Crippen MR) is 67.8 cm³/mol. The fourth-order valence-corrected chi connectivity index (χ4v) is 1.55. The smallest absolute Gasteiger partial charge is 0.164 e. The Morgan fingerprint density at radius 3 is 2.29 bits per heavy atom. The Morgan fingerprint density at radius 2 is 1.71 bits per heavy atom. The van der Waals surface area contributed by atoms with Gasteiger partial charge in [0.15, 0.2) is 5.79 Å². The highest BCUT2D eigenvalue weighted by Crippen LogP contribution is 2.17. The molecule has 0 spiro atoms. The molecule has 0 amide bonds. The summed E-state index contributed by atoms with van der Waals surface area (Å²) in [7, 11) is 3.32. The molecular weight excluding hydrogens is 216 g/mol. The van der Waals surface area contributed by atoms with E-state index in [9.17, 15) is 0 Å². The molecule has 0 aliphatic carbocycles. The van der Waals surface area contributed by atoms with Crippen LogP contribution in [0, 0.1) is 0 Å². The van der Waals surface area contributed by atoms with Crippen molar-refractivity contribution in [3.63, 3.8) is 0 Å². The van der Waals surface area contributed by atoms with Crippen LogP contribution in [0.25, 0.3) is 0 Å². The highest BCUT2D eigenvalue weighted by molar-refractivity contribution is 5.13. The van der Waals surface area contributed by atoms with Crippen molar-refractivity contribution >= 4 is 0 Å². The molecular formula is C14H22O3. The Hall–Kier alpha value is -0.900. The third-order valence-corrected chi connectivity index (χ3v) is 2.89. The standard InChI is InChI=1S/C14H22O3/c1-14(15-2,16-3)10-7-11-17-12-13-8-5-4-6-9-13/h4-6,8-9H,7,10-12H2,1-3H3. The first-order valence-electron chi connectivity index (χ1n) is 5.92. The van der Waals surface area contributed by atoms with E-state index in [0.29, 0.717) is 6.61 Å². The minimum absolute atomic E-state index is 0.490. The lowest BCUT2D eigenvalue weighted by atomic mass is 10.2. The average molecular weight is 238 g/mol. The summed E-state index contributed by atoms with van der Waals surface area (Å²) in [6.45, 7) is 3.32. The van der Waals surface area contributed by atoms with Crippen molar-refractivity contribution in [3.8, 4) is 0 Å². The fourth-order valence-electron chi connectivity index (χ4n) is 1.55. The average Bonchev–Trinajstić information content (AvgIpc) is 2.39. The van der Waals surface area contributed by atoms with E-state index in [1.807, 2.05) is 25.1 Å². The van der Waals surface area contributed by atoms with E-state index in [4.69, 9.17) is 14.2 Å². The summed E-state index contributed by atoms with van der Waals surface area (Å²) in [5, 5.41) is 0. The van der Waals surface area contributed by atoms with Gasteiger partial charge in [0, 0.05) is 27.2 Å². The maximum Gasteiger partial charge on any atom is 0.164 e. The molecule has 0 aliphatic rings. The van der Waals surface area contributed by atoms with Crippen LogP contribution in [0.2, 0.25) is 0 Å². The molecule has 17 heavy (non-hydrogen) atoms. The van der Waals surface area contributed by atoms with Crippen molar-refractivity contribution in [2.24, 2.45) is 0 Å². The van der Waals surface area contributed by atoms with Crippen LogP contribution in [-0.2, 0) is 20.8 Å². The first kappa shape index (κ1) is 14.2. The molecule has 1 aromatic carbocycles. The monoisotopic (exact) mass is 238 g/mol. The molecule has 0 atom stereocenters. The van der Waals surface area contributed by atoms with E-state index in [1.54, 1.807) is 14.2 Å². The Bertz CT molecular complexity index is 294. The zero-order valence-corrected chi connectivity index (χ0v) is 10.9. The van der Waals surface area contributed by atoms with Gasteiger partial charge in [0.25, 0.3) is 0 Å². The molecule has 0 N–H and O–H groups in total. The van der Waals surface area contributed by atoms with Crippen LogP contribution in [0.3, 0.4) is 0 Å². The maximum atomic E-state index is 5.59. The Labute approximate surface area is 104 Å². The second-order valence-electron chi connectivity index (χ2n) is 4.18. The molecule has 0 aromatic heterocycles. The van der Waals surface area contributed by atoms with Gasteiger partial charge in [0.2, 0.25) is 0 Å². The zero-order valence-electron chi connectivity index (χ0n) is 10.9. The molecule has 0 saturated carbocycles. The molecule has 0 saturated heterocycles. The van der Waals surface area contributed by atoms with Crippen LogP contribution < -0.4 is 0 Å². The van der Waals surface area contributed by atoms with Gasteiger partial charge < -0.3 is 14.2 Å². The topological polar surface area (TPSA) is 27.7 Å². The van der Waals surface area contributed by atoms with E-state index in [2.05, 4.69) is 12.1 Å². The Morgan fingerprint density at radius 1 is 1.06 bits per heavy atom. The van der Waals surface area contributed by atoms with Gasteiger partial charge in [0.1, 0.15) is 0 Å². The number of hydrogen-bond acceptors (Lipinski definition) is 3. The molecule has 0 radical (unpaired) electrons. The summed E-state index contributed by atoms with van der Waals surface area (Å²) in [5.41, 5.74) is 1.20. The van der Waals surface area contributed by atoms with Crippen LogP contribution in [0.4, 0.5) is 0 Å². The van der Waals surface area contributed by atoms with E-state index in [-0.39, 0.29) is 0 Å². The second-order valence-corrected chi connectivity index (χ2v) is 4.18. The van der Waals surface area contributed by atoms with Crippen molar-refractivity contribution in [1.29, 1.82) is 0 Å². The maximum absolute atomic E-state index is 5.59. The van der Waals surface area contributed by atoms with Crippen molar-refractivity contribution in [2.45, 2.75) is 32.2 Å². The van der Waals surface area contributed by atoms with Gasteiger partial charge in [-0.3, -0.25) is 0 Å². The highest BCUT2D eigenvalue weighted by Gasteiger charge is 2.21. The summed E-state index contributed by atoms with van der Waals surface area (Å²) >= 11 is 0. The van der Waals surface area contributed by atoms with Gasteiger partial charge in [-0.15, -0.1) is 0 Å². The summed E-state index contributed by atoms with van der Waals surface area (Å²) in [6.07, 6.45) is 1.75. The molecule has 0 fully saturated rings. The number of hydrogen-bond donors (Lipinski definition) is 0. The summed E-state index contributed by atoms with van der Waals surface area (Å²) in [4.78, 5) is 0. The van der Waals surface area contributed by atoms with Gasteiger partial charge in [0.05, 0.1) is 6.61 Å². The first-order valence-corrected chi connectivity index (χ1v) is 5.92. The minimum atomic E-state index is -0.490. The van der Waals surface area contributed by atoms with Crippen molar-refractivity contribution < 1.29 is 14.2 Å². The van der Waals surface area contributed by atoms with E-state index in [1.165, 1.54) is 5.56 Å². The third-order valence-electron chi connectivity index (χ3n) is 2.89. The number of ether oxygens (including phenoxy) is 3. The second kappa shape index (κ2) is 7.43. The fraction of sp³-hybridized carbons (Fsp3) is 0.571. The van der Waals surface area contributed by atoms with Crippen molar-refractivity contribution in [1.82, 2.24) is 0 Å². The SMILES string of the molecule is COC(C)(CCCOCc1ccccc1)OC. The van der Waals surface area contributed by atoms with Crippen LogP contribution >= 0.6 is 0 Å². The molecule has 96 valence electrons. The van der Waals surface area contributed by atoms with Crippen LogP contribution in [0.15, 0.2) is 30.3 Å². The van der Waals surface area contributed by atoms with E-state index >= 15 is 0 Å². The van der Waals surface area contributed by atoms with Crippen molar-refractivity contribution in [2.75, 3.05) is 20.8 Å². The highest BCUT2D eigenvalue weighted by atomic mass is 16.7. The number of methoxy groups -OCH3 is 2. The quantitative estimate of drug-likeness (QED) is 0.514. The molecule has 0 unspecified atom stereocenters. The lowest BCUT2D eigenvalue weighted by molar-refractivity contribution is -0.199. The Kier molecular flexibility index (Phi) is 6.19. The van der Waals surface area contributed by atoms with Crippen LogP contribution in [0.5, 0.6) is 0 Å². The molecule has 1 aromatic rings. The van der Waals surface area contributed by atoms with Crippen molar-refractivity contribution in [3.05, 3.63) is 35.9 Å². The van der Waals surface area contributed by atoms with E-state index in [0.717, 1.165) is 19.4 Å². The van der Waals surface area contributed by atoms with Crippen LogP contribution in [-0.4, -0.2) is 26.6 Å². The third kappa shape index (κ3) is 5.31. The zero-order chi connectivity index (χ0) is 12.6. The van der Waals surface area contributed by atoms with Gasteiger partial charge >= 0.3 is 0 Å². The summed E-state index contributed by atoms with van der Waals surface area (Å²) < 4.78 is 16.1. The van der Waals surface area contributed by atoms with Gasteiger partial charge in [-0.05, 0) is 18.9 Å². The van der Waals surface area contributed by atoms with Gasteiger partial charge in [-0.2, -0.15) is 0 Å². The number of rotatable bonds is 8. The van der Waals surface area contributed by atoms with Crippen LogP contribution in [0.1, 0.15) is 25.3 Å². The summed E-state index contributed by atoms with van der Waals surface area (Å²) in [5.74, 6) is -0.490. The molecule has 3 nitrogen and oxygen atoms in total. The molecule has 3 heteroatoms. The normalized spacial score (nSPS) is 11.7. The van der Waals surface area contributed by atoms with Gasteiger partial charge in [-0.1, -0.05) is 30.3 Å². The predicted octanol–water partition coefficient (Wildman–Crippen LogP) is 2.99. The lowest BCUT2D eigenvalue weighted by Gasteiger charge is -2.26. The number of benzene rings is 1. The summed E-state index contributed by atoms with van der Waals surface area (Å²) in [6, 6.07) is 10.2. The lowest BCUT2D eigenvalue weighted by Crippen LogP contribution is -2.29. The molecule has 0 heterocycles. The van der Waals surface area contributed by atoms with E-state index < -0.39 is 5.79 Å². The largest absolute Gasteiger partial charge is 0.377 e. The Balaban J connectivity index is 2.13.